The minimum atomic E-state index is -0.481. The molecule has 6 heteroatoms. The highest BCUT2D eigenvalue weighted by molar-refractivity contribution is 5.84. The van der Waals surface area contributed by atoms with Crippen molar-refractivity contribution in [3.63, 3.8) is 0 Å². The molecule has 0 aliphatic heterocycles. The van der Waals surface area contributed by atoms with Crippen LogP contribution in [0.25, 0.3) is 0 Å². The Morgan fingerprint density at radius 1 is 1.04 bits per heavy atom. The fourth-order valence-corrected chi connectivity index (χ4v) is 2.67. The van der Waals surface area contributed by atoms with Gasteiger partial charge in [-0.3, -0.25) is 5.32 Å². The Morgan fingerprint density at radius 2 is 1.71 bits per heavy atom. The van der Waals surface area contributed by atoms with E-state index in [2.05, 4.69) is 63.8 Å². The molecule has 150 valence electrons. The van der Waals surface area contributed by atoms with Gasteiger partial charge in [-0.1, -0.05) is 56.3 Å². The second kappa shape index (κ2) is 10.3. The number of rotatable bonds is 7. The summed E-state index contributed by atoms with van der Waals surface area (Å²) in [4.78, 5) is 15.9. The van der Waals surface area contributed by atoms with E-state index in [4.69, 9.17) is 0 Å². The average molecular weight is 383 g/mol. The summed E-state index contributed by atoms with van der Waals surface area (Å²) in [6.07, 6.45) is -0.481. The Hall–Kier alpha value is -3.02. The Labute approximate surface area is 167 Å². The third-order valence-electron chi connectivity index (χ3n) is 4.40. The first-order chi connectivity index (χ1) is 13.4. The van der Waals surface area contributed by atoms with Crippen molar-refractivity contribution in [3.05, 3.63) is 65.7 Å². The quantitative estimate of drug-likeness (QED) is 0.502. The molecule has 2 aromatic rings. The van der Waals surface area contributed by atoms with Crippen LogP contribution >= 0.6 is 0 Å². The van der Waals surface area contributed by atoms with E-state index in [1.807, 2.05) is 37.3 Å². The van der Waals surface area contributed by atoms with Crippen LogP contribution in [-0.2, 0) is 16.7 Å². The molecular formula is C22H30N4O2. The first-order valence-electron chi connectivity index (χ1n) is 9.46. The van der Waals surface area contributed by atoms with Crippen molar-refractivity contribution >= 4 is 17.7 Å². The fraction of sp³-hybridized carbons (Fsp3) is 0.364. The number of hydrogen-bond donors (Lipinski definition) is 3. The average Bonchev–Trinajstić information content (AvgIpc) is 2.71. The molecule has 0 atom stereocenters. The molecule has 0 aliphatic rings. The number of methoxy groups -OCH3 is 1. The van der Waals surface area contributed by atoms with Crippen molar-refractivity contribution in [1.29, 1.82) is 0 Å². The molecule has 0 spiro atoms. The standard InChI is InChI=1S/C22H30N4O2/c1-5-23-20(25-16-22(2,3)18-9-7-6-8-10-18)24-15-17-11-13-19(14-12-17)26-21(27)28-4/h6-14H,5,15-16H2,1-4H3,(H,26,27)(H2,23,24,25). The van der Waals surface area contributed by atoms with Gasteiger partial charge in [-0.25, -0.2) is 9.79 Å². The highest BCUT2D eigenvalue weighted by Gasteiger charge is 2.20. The van der Waals surface area contributed by atoms with Gasteiger partial charge in [-0.2, -0.15) is 0 Å². The Kier molecular flexibility index (Phi) is 7.87. The van der Waals surface area contributed by atoms with Crippen molar-refractivity contribution in [2.45, 2.75) is 32.7 Å². The zero-order chi connectivity index (χ0) is 20.4. The van der Waals surface area contributed by atoms with Crippen LogP contribution in [0, 0.1) is 0 Å². The van der Waals surface area contributed by atoms with E-state index in [9.17, 15) is 4.79 Å². The first kappa shape index (κ1) is 21.3. The molecule has 28 heavy (non-hydrogen) atoms. The topological polar surface area (TPSA) is 74.8 Å². The van der Waals surface area contributed by atoms with E-state index in [-0.39, 0.29) is 5.41 Å². The highest BCUT2D eigenvalue weighted by atomic mass is 16.5. The van der Waals surface area contributed by atoms with Crippen LogP contribution in [0.5, 0.6) is 0 Å². The zero-order valence-electron chi connectivity index (χ0n) is 17.1. The maximum absolute atomic E-state index is 11.2. The van der Waals surface area contributed by atoms with Crippen LogP contribution in [0.1, 0.15) is 31.9 Å². The lowest BCUT2D eigenvalue weighted by atomic mass is 9.85. The lowest BCUT2D eigenvalue weighted by Gasteiger charge is -2.26. The number of ether oxygens (including phenoxy) is 1. The molecule has 0 radical (unpaired) electrons. The maximum Gasteiger partial charge on any atom is 0.411 e. The monoisotopic (exact) mass is 382 g/mol. The fourth-order valence-electron chi connectivity index (χ4n) is 2.67. The molecule has 0 fully saturated rings. The van der Waals surface area contributed by atoms with Crippen molar-refractivity contribution in [2.24, 2.45) is 4.99 Å². The van der Waals surface area contributed by atoms with Gasteiger partial charge in [0.2, 0.25) is 0 Å². The van der Waals surface area contributed by atoms with E-state index >= 15 is 0 Å². The van der Waals surface area contributed by atoms with Crippen molar-refractivity contribution in [1.82, 2.24) is 10.6 Å². The number of guanidine groups is 1. The van der Waals surface area contributed by atoms with Gasteiger partial charge in [-0.15, -0.1) is 0 Å². The number of nitrogens with one attached hydrogen (secondary N) is 3. The number of aliphatic imine (C=N–C) groups is 1. The van der Waals surface area contributed by atoms with E-state index < -0.39 is 6.09 Å². The Bertz CT molecular complexity index is 771. The number of carbonyl (C=O) groups excluding carboxylic acids is 1. The third-order valence-corrected chi connectivity index (χ3v) is 4.40. The lowest BCUT2D eigenvalue weighted by molar-refractivity contribution is 0.187. The summed E-state index contributed by atoms with van der Waals surface area (Å²) in [6, 6.07) is 18.0. The van der Waals surface area contributed by atoms with Crippen molar-refractivity contribution in [2.75, 3.05) is 25.5 Å². The molecule has 6 nitrogen and oxygen atoms in total. The lowest BCUT2D eigenvalue weighted by Crippen LogP contribution is -2.43. The van der Waals surface area contributed by atoms with E-state index in [1.165, 1.54) is 12.7 Å². The summed E-state index contributed by atoms with van der Waals surface area (Å²) in [5, 5.41) is 9.36. The van der Waals surface area contributed by atoms with Gasteiger partial charge in [0.15, 0.2) is 5.96 Å². The molecule has 3 N–H and O–H groups in total. The number of nitrogens with zero attached hydrogens (tertiary/aromatic N) is 1. The summed E-state index contributed by atoms with van der Waals surface area (Å²) in [6.45, 7) is 8.58. The molecule has 0 aromatic heterocycles. The van der Waals surface area contributed by atoms with E-state index in [0.29, 0.717) is 12.2 Å². The van der Waals surface area contributed by atoms with Gasteiger partial charge in [0.25, 0.3) is 0 Å². The number of hydrogen-bond acceptors (Lipinski definition) is 3. The summed E-state index contributed by atoms with van der Waals surface area (Å²) in [5.41, 5.74) is 3.01. The predicted octanol–water partition coefficient (Wildman–Crippen LogP) is 3.90. The number of benzene rings is 2. The Balaban J connectivity index is 1.97. The SMILES string of the molecule is CCNC(=NCc1ccc(NC(=O)OC)cc1)NCC(C)(C)c1ccccc1. The van der Waals surface area contributed by atoms with Gasteiger partial charge >= 0.3 is 6.09 Å². The van der Waals surface area contributed by atoms with Crippen LogP contribution in [0.4, 0.5) is 10.5 Å². The maximum atomic E-state index is 11.2. The van der Waals surface area contributed by atoms with E-state index in [0.717, 1.165) is 24.6 Å². The normalized spacial score (nSPS) is 11.6. The zero-order valence-corrected chi connectivity index (χ0v) is 17.1. The van der Waals surface area contributed by atoms with Gasteiger partial charge in [0.05, 0.1) is 13.7 Å². The van der Waals surface area contributed by atoms with Crippen LogP contribution in [-0.4, -0.2) is 32.3 Å². The number of amides is 1. The molecule has 0 saturated carbocycles. The smallest absolute Gasteiger partial charge is 0.411 e. The van der Waals surface area contributed by atoms with Gasteiger partial charge in [-0.05, 0) is 30.2 Å². The summed E-state index contributed by atoms with van der Waals surface area (Å²) in [5.74, 6) is 0.781. The minimum Gasteiger partial charge on any atom is -0.453 e. The van der Waals surface area contributed by atoms with Crippen LogP contribution in [0.2, 0.25) is 0 Å². The second-order valence-electron chi connectivity index (χ2n) is 7.11. The van der Waals surface area contributed by atoms with Gasteiger partial charge < -0.3 is 15.4 Å². The van der Waals surface area contributed by atoms with Crippen LogP contribution in [0.15, 0.2) is 59.6 Å². The van der Waals surface area contributed by atoms with Gasteiger partial charge in [0.1, 0.15) is 0 Å². The number of carbonyl (C=O) groups is 1. The number of anilines is 1. The third kappa shape index (κ3) is 6.61. The molecule has 0 unspecified atom stereocenters. The van der Waals surface area contributed by atoms with Crippen LogP contribution in [0.3, 0.4) is 0 Å². The molecule has 2 aromatic carbocycles. The molecular weight excluding hydrogens is 352 g/mol. The summed E-state index contributed by atoms with van der Waals surface area (Å²) in [7, 11) is 1.34. The molecule has 0 aliphatic carbocycles. The largest absolute Gasteiger partial charge is 0.453 e. The van der Waals surface area contributed by atoms with Crippen molar-refractivity contribution < 1.29 is 9.53 Å². The van der Waals surface area contributed by atoms with Gasteiger partial charge in [0, 0.05) is 24.2 Å². The van der Waals surface area contributed by atoms with Crippen LogP contribution < -0.4 is 16.0 Å². The molecule has 2 rings (SSSR count). The van der Waals surface area contributed by atoms with Crippen molar-refractivity contribution in [3.8, 4) is 0 Å². The molecule has 0 saturated heterocycles. The first-order valence-corrected chi connectivity index (χ1v) is 9.46. The minimum absolute atomic E-state index is 0.0152. The summed E-state index contributed by atoms with van der Waals surface area (Å²) < 4.78 is 4.59. The molecule has 0 heterocycles. The van der Waals surface area contributed by atoms with E-state index in [1.54, 1.807) is 0 Å². The highest BCUT2D eigenvalue weighted by Crippen LogP contribution is 2.21. The predicted molar refractivity (Wildman–Crippen MR) is 115 cm³/mol. The summed E-state index contributed by atoms with van der Waals surface area (Å²) >= 11 is 0. The second-order valence-corrected chi connectivity index (χ2v) is 7.11. The molecule has 0 bridgehead atoms. The Morgan fingerprint density at radius 3 is 2.32 bits per heavy atom. The molecule has 1 amide bonds.